The maximum absolute atomic E-state index is 12.4. The van der Waals surface area contributed by atoms with Crippen LogP contribution in [0.25, 0.3) is 0 Å². The molecule has 0 spiro atoms. The summed E-state index contributed by atoms with van der Waals surface area (Å²) in [6.45, 7) is 6.91. The van der Waals surface area contributed by atoms with Gasteiger partial charge in [0.1, 0.15) is 10.6 Å². The molecule has 5 nitrogen and oxygen atoms in total. The molecule has 0 unspecified atom stereocenters. The molecule has 122 valence electrons. The lowest BCUT2D eigenvalue weighted by Gasteiger charge is -2.14. The van der Waals surface area contributed by atoms with Crippen molar-refractivity contribution in [2.75, 3.05) is 5.32 Å². The Balaban J connectivity index is 2.33. The predicted molar refractivity (Wildman–Crippen MR) is 89.2 cm³/mol. The predicted octanol–water partition coefficient (Wildman–Crippen LogP) is 3.34. The molecule has 0 saturated carbocycles. The molecule has 2 aromatic carbocycles. The Labute approximate surface area is 136 Å². The number of carbonyl (C=O) groups excluding carboxylic acids is 1. The number of amides is 1. The van der Waals surface area contributed by atoms with Gasteiger partial charge < -0.3 is 9.50 Å². The summed E-state index contributed by atoms with van der Waals surface area (Å²) >= 11 is 0. The highest BCUT2D eigenvalue weighted by Crippen LogP contribution is 2.29. The van der Waals surface area contributed by atoms with Crippen molar-refractivity contribution in [3.05, 3.63) is 53.1 Å². The molecule has 0 aliphatic carbocycles. The summed E-state index contributed by atoms with van der Waals surface area (Å²) in [4.78, 5) is 11.0. The molecule has 6 heteroatoms. The van der Waals surface area contributed by atoms with Gasteiger partial charge in [-0.3, -0.25) is 4.79 Å². The van der Waals surface area contributed by atoms with Crippen molar-refractivity contribution in [3.8, 4) is 5.75 Å². The minimum Gasteiger partial charge on any atom is -0.378 e. The molecule has 0 radical (unpaired) electrons. The molecule has 2 rings (SSSR count). The van der Waals surface area contributed by atoms with Crippen LogP contribution in [0.3, 0.4) is 0 Å². The summed E-state index contributed by atoms with van der Waals surface area (Å²) in [5.41, 5.74) is 3.04. The van der Waals surface area contributed by atoms with Crippen LogP contribution in [0.5, 0.6) is 5.75 Å². The highest BCUT2D eigenvalue weighted by Gasteiger charge is 2.19. The summed E-state index contributed by atoms with van der Waals surface area (Å²) in [5, 5.41) is 2.58. The minimum absolute atomic E-state index is 0.0342. The largest absolute Gasteiger partial charge is 0.378 e. The average molecular weight is 333 g/mol. The summed E-state index contributed by atoms with van der Waals surface area (Å²) in [7, 11) is -3.93. The number of hydrogen-bond donors (Lipinski definition) is 1. The second-order valence-electron chi connectivity index (χ2n) is 5.40. The van der Waals surface area contributed by atoms with E-state index in [0.29, 0.717) is 11.4 Å². The van der Waals surface area contributed by atoms with Crippen molar-refractivity contribution in [1.82, 2.24) is 0 Å². The van der Waals surface area contributed by atoms with Gasteiger partial charge in [-0.25, -0.2) is 0 Å². The van der Waals surface area contributed by atoms with E-state index in [1.165, 1.54) is 31.2 Å². The molecule has 1 N–H and O–H groups in total. The molecule has 0 bridgehead atoms. The van der Waals surface area contributed by atoms with E-state index in [-0.39, 0.29) is 10.8 Å². The van der Waals surface area contributed by atoms with Gasteiger partial charge in [-0.1, -0.05) is 12.1 Å². The van der Waals surface area contributed by atoms with Gasteiger partial charge in [-0.2, -0.15) is 8.42 Å². The van der Waals surface area contributed by atoms with Gasteiger partial charge in [0.2, 0.25) is 5.91 Å². The molecule has 1 amide bonds. The zero-order chi connectivity index (χ0) is 17.2. The van der Waals surface area contributed by atoms with E-state index in [9.17, 15) is 13.2 Å². The fraction of sp³-hybridized carbons (Fsp3) is 0.235. The molecule has 0 aliphatic rings. The molecular weight excluding hydrogens is 314 g/mol. The van der Waals surface area contributed by atoms with Crippen LogP contribution in [0.2, 0.25) is 0 Å². The van der Waals surface area contributed by atoms with Crippen LogP contribution in [0.15, 0.2) is 41.3 Å². The number of benzene rings is 2. The van der Waals surface area contributed by atoms with Crippen molar-refractivity contribution in [2.45, 2.75) is 32.6 Å². The average Bonchev–Trinajstić information content (AvgIpc) is 2.48. The maximum atomic E-state index is 12.4. The van der Waals surface area contributed by atoms with Crippen LogP contribution in [0.4, 0.5) is 5.69 Å². The lowest BCUT2D eigenvalue weighted by atomic mass is 10.1. The summed E-state index contributed by atoms with van der Waals surface area (Å²) in [5.74, 6) is 0.138. The zero-order valence-corrected chi connectivity index (χ0v) is 14.3. The van der Waals surface area contributed by atoms with Gasteiger partial charge in [0.05, 0.1) is 0 Å². The van der Waals surface area contributed by atoms with Crippen LogP contribution < -0.4 is 9.50 Å². The Morgan fingerprint density at radius 3 is 2.09 bits per heavy atom. The van der Waals surface area contributed by atoms with E-state index < -0.39 is 10.1 Å². The topological polar surface area (TPSA) is 72.5 Å². The SMILES string of the molecule is CC(=O)Nc1ccc(S(=O)(=O)Oc2c(C)ccc(C)c2C)cc1. The van der Waals surface area contributed by atoms with Gasteiger partial charge in [0.25, 0.3) is 0 Å². The number of anilines is 1. The normalized spacial score (nSPS) is 11.1. The zero-order valence-electron chi connectivity index (χ0n) is 13.5. The molecule has 2 aromatic rings. The van der Waals surface area contributed by atoms with E-state index in [1.54, 1.807) is 6.92 Å². The molecule has 0 aliphatic heterocycles. The molecule has 0 saturated heterocycles. The van der Waals surface area contributed by atoms with Gasteiger partial charge in [0.15, 0.2) is 0 Å². The van der Waals surface area contributed by atoms with Gasteiger partial charge in [-0.05, 0) is 61.7 Å². The molecule has 23 heavy (non-hydrogen) atoms. The van der Waals surface area contributed by atoms with Crippen LogP contribution in [-0.4, -0.2) is 14.3 Å². The molecule has 0 aromatic heterocycles. The lowest BCUT2D eigenvalue weighted by molar-refractivity contribution is -0.114. The van der Waals surface area contributed by atoms with Crippen molar-refractivity contribution < 1.29 is 17.4 Å². The van der Waals surface area contributed by atoms with Crippen molar-refractivity contribution in [3.63, 3.8) is 0 Å². The van der Waals surface area contributed by atoms with Crippen LogP contribution in [0.1, 0.15) is 23.6 Å². The first-order valence-corrected chi connectivity index (χ1v) is 8.50. The van der Waals surface area contributed by atoms with Crippen molar-refractivity contribution in [2.24, 2.45) is 0 Å². The first kappa shape index (κ1) is 17.0. The third-order valence-corrected chi connectivity index (χ3v) is 4.77. The van der Waals surface area contributed by atoms with Gasteiger partial charge >= 0.3 is 10.1 Å². The Bertz CT molecular complexity index is 840. The van der Waals surface area contributed by atoms with Crippen LogP contribution in [-0.2, 0) is 14.9 Å². The first-order valence-electron chi connectivity index (χ1n) is 7.09. The molecular formula is C17H19NO4S. The van der Waals surface area contributed by atoms with Crippen LogP contribution in [0, 0.1) is 20.8 Å². The summed E-state index contributed by atoms with van der Waals surface area (Å²) < 4.78 is 30.2. The van der Waals surface area contributed by atoms with Crippen molar-refractivity contribution >= 4 is 21.7 Å². The van der Waals surface area contributed by atoms with E-state index >= 15 is 0 Å². The number of carbonyl (C=O) groups is 1. The van der Waals surface area contributed by atoms with Gasteiger partial charge in [0, 0.05) is 12.6 Å². The quantitative estimate of drug-likeness (QED) is 0.871. The van der Waals surface area contributed by atoms with E-state index in [0.717, 1.165) is 16.7 Å². The standard InChI is InChI=1S/C17H19NO4S/c1-11-5-6-12(2)17(13(11)3)22-23(20,21)16-9-7-15(8-10-16)18-14(4)19/h5-10H,1-4H3,(H,18,19). The monoisotopic (exact) mass is 333 g/mol. The number of hydrogen-bond acceptors (Lipinski definition) is 4. The van der Waals surface area contributed by atoms with Crippen molar-refractivity contribution in [1.29, 1.82) is 0 Å². The molecule has 0 fully saturated rings. The Hall–Kier alpha value is -2.34. The third kappa shape index (κ3) is 3.90. The minimum atomic E-state index is -3.93. The summed E-state index contributed by atoms with van der Waals surface area (Å²) in [6, 6.07) is 9.60. The molecule has 0 atom stereocenters. The Kier molecular flexibility index (Phi) is 4.75. The van der Waals surface area contributed by atoms with E-state index in [2.05, 4.69) is 5.32 Å². The Morgan fingerprint density at radius 2 is 1.52 bits per heavy atom. The first-order chi connectivity index (χ1) is 10.7. The highest BCUT2D eigenvalue weighted by atomic mass is 32.2. The van der Waals surface area contributed by atoms with E-state index in [1.807, 2.05) is 26.0 Å². The number of aryl methyl sites for hydroxylation is 2. The molecule has 0 heterocycles. The van der Waals surface area contributed by atoms with Gasteiger partial charge in [-0.15, -0.1) is 0 Å². The summed E-state index contributed by atoms with van der Waals surface area (Å²) in [6.07, 6.45) is 0. The number of rotatable bonds is 4. The fourth-order valence-electron chi connectivity index (χ4n) is 2.12. The van der Waals surface area contributed by atoms with Crippen LogP contribution >= 0.6 is 0 Å². The second-order valence-corrected chi connectivity index (χ2v) is 6.94. The highest BCUT2D eigenvalue weighted by molar-refractivity contribution is 7.87. The fourth-order valence-corrected chi connectivity index (χ4v) is 3.16. The maximum Gasteiger partial charge on any atom is 0.339 e. The van der Waals surface area contributed by atoms with E-state index in [4.69, 9.17) is 4.18 Å². The Morgan fingerprint density at radius 1 is 0.957 bits per heavy atom. The smallest absolute Gasteiger partial charge is 0.339 e. The second kappa shape index (κ2) is 6.42. The third-order valence-electron chi connectivity index (χ3n) is 3.53. The lowest BCUT2D eigenvalue weighted by Crippen LogP contribution is -2.12. The number of nitrogens with one attached hydrogen (secondary N) is 1.